The first-order valence-corrected chi connectivity index (χ1v) is 6.55. The standard InChI is InChI=1S/C15H23N/c1-13(2)11-14-7-6-10-16(12-14)15-8-4-3-5-9-15/h3-5,8-9,13-14H,6-7,10-12H2,1-2H3/t14-/m0/s1. The molecule has 1 nitrogen and oxygen atoms in total. The van der Waals surface area contributed by atoms with E-state index in [0.717, 1.165) is 11.8 Å². The van der Waals surface area contributed by atoms with Gasteiger partial charge in [-0.25, -0.2) is 0 Å². The maximum absolute atomic E-state index is 2.55. The summed E-state index contributed by atoms with van der Waals surface area (Å²) in [5.41, 5.74) is 1.40. The smallest absolute Gasteiger partial charge is 0.0366 e. The van der Waals surface area contributed by atoms with Gasteiger partial charge < -0.3 is 4.90 Å². The summed E-state index contributed by atoms with van der Waals surface area (Å²) in [6, 6.07) is 10.8. The summed E-state index contributed by atoms with van der Waals surface area (Å²) in [6.07, 6.45) is 4.15. The zero-order valence-electron chi connectivity index (χ0n) is 10.5. The van der Waals surface area contributed by atoms with E-state index in [1.807, 2.05) is 0 Å². The van der Waals surface area contributed by atoms with Gasteiger partial charge >= 0.3 is 0 Å². The van der Waals surface area contributed by atoms with Crippen LogP contribution in [0.25, 0.3) is 0 Å². The number of benzene rings is 1. The Bertz CT molecular complexity index is 304. The topological polar surface area (TPSA) is 3.24 Å². The fourth-order valence-electron chi connectivity index (χ4n) is 2.80. The highest BCUT2D eigenvalue weighted by atomic mass is 15.1. The number of anilines is 1. The van der Waals surface area contributed by atoms with Gasteiger partial charge in [0, 0.05) is 18.8 Å². The number of hydrogen-bond donors (Lipinski definition) is 0. The highest BCUT2D eigenvalue weighted by Gasteiger charge is 2.20. The molecule has 0 aromatic heterocycles. The maximum Gasteiger partial charge on any atom is 0.0366 e. The molecule has 1 aliphatic rings. The summed E-state index contributed by atoms with van der Waals surface area (Å²) in [4.78, 5) is 2.55. The Morgan fingerprint density at radius 3 is 2.69 bits per heavy atom. The molecule has 0 N–H and O–H groups in total. The zero-order chi connectivity index (χ0) is 11.4. The third kappa shape index (κ3) is 3.01. The molecule has 0 spiro atoms. The number of hydrogen-bond acceptors (Lipinski definition) is 1. The predicted octanol–water partition coefficient (Wildman–Crippen LogP) is 3.95. The first kappa shape index (κ1) is 11.5. The second kappa shape index (κ2) is 5.38. The molecule has 1 aromatic rings. The highest BCUT2D eigenvalue weighted by molar-refractivity contribution is 5.46. The largest absolute Gasteiger partial charge is 0.371 e. The fourth-order valence-corrected chi connectivity index (χ4v) is 2.80. The normalized spacial score (nSPS) is 21.4. The molecular formula is C15H23N. The van der Waals surface area contributed by atoms with Gasteiger partial charge in [0.1, 0.15) is 0 Å². The molecule has 0 amide bonds. The van der Waals surface area contributed by atoms with Gasteiger partial charge in [-0.1, -0.05) is 32.0 Å². The van der Waals surface area contributed by atoms with Gasteiger partial charge in [0.05, 0.1) is 0 Å². The molecule has 1 heteroatoms. The monoisotopic (exact) mass is 217 g/mol. The summed E-state index contributed by atoms with van der Waals surface area (Å²) >= 11 is 0. The van der Waals surface area contributed by atoms with Crippen molar-refractivity contribution in [2.24, 2.45) is 11.8 Å². The van der Waals surface area contributed by atoms with Crippen LogP contribution in [0.3, 0.4) is 0 Å². The van der Waals surface area contributed by atoms with Crippen LogP contribution in [0.2, 0.25) is 0 Å². The highest BCUT2D eigenvalue weighted by Crippen LogP contribution is 2.26. The SMILES string of the molecule is CC(C)C[C@@H]1CCCN(c2ccccc2)C1. The fraction of sp³-hybridized carbons (Fsp3) is 0.600. The van der Waals surface area contributed by atoms with Crippen molar-refractivity contribution in [3.63, 3.8) is 0 Å². The molecule has 1 fully saturated rings. The van der Waals surface area contributed by atoms with Crippen LogP contribution < -0.4 is 4.90 Å². The molecule has 0 aliphatic carbocycles. The summed E-state index contributed by atoms with van der Waals surface area (Å²) < 4.78 is 0. The summed E-state index contributed by atoms with van der Waals surface area (Å²) in [5, 5.41) is 0. The van der Waals surface area contributed by atoms with Crippen molar-refractivity contribution in [1.29, 1.82) is 0 Å². The second-order valence-electron chi connectivity index (χ2n) is 5.42. The number of rotatable bonds is 3. The molecular weight excluding hydrogens is 194 g/mol. The quantitative estimate of drug-likeness (QED) is 0.741. The number of piperidine rings is 1. The molecule has 0 bridgehead atoms. The minimum atomic E-state index is 0.834. The Morgan fingerprint density at radius 1 is 1.25 bits per heavy atom. The van der Waals surface area contributed by atoms with Crippen LogP contribution in [0.5, 0.6) is 0 Å². The van der Waals surface area contributed by atoms with Crippen LogP contribution in [0.15, 0.2) is 30.3 Å². The lowest BCUT2D eigenvalue weighted by molar-refractivity contribution is 0.347. The first-order chi connectivity index (χ1) is 7.75. The second-order valence-corrected chi connectivity index (χ2v) is 5.42. The molecule has 16 heavy (non-hydrogen) atoms. The van der Waals surface area contributed by atoms with Gasteiger partial charge in [0.2, 0.25) is 0 Å². The molecule has 0 saturated carbocycles. The van der Waals surface area contributed by atoms with Crippen LogP contribution in [0, 0.1) is 11.8 Å². The Kier molecular flexibility index (Phi) is 3.87. The van der Waals surface area contributed by atoms with Crippen molar-refractivity contribution < 1.29 is 0 Å². The molecule has 1 atom stereocenters. The minimum absolute atomic E-state index is 0.834. The Hall–Kier alpha value is -0.980. The van der Waals surface area contributed by atoms with E-state index in [9.17, 15) is 0 Å². The van der Waals surface area contributed by atoms with Crippen LogP contribution in [-0.2, 0) is 0 Å². The van der Waals surface area contributed by atoms with Crippen molar-refractivity contribution in [3.05, 3.63) is 30.3 Å². The number of nitrogens with zero attached hydrogens (tertiary/aromatic N) is 1. The van der Waals surface area contributed by atoms with Crippen LogP contribution in [-0.4, -0.2) is 13.1 Å². The van der Waals surface area contributed by atoms with E-state index in [0.29, 0.717) is 0 Å². The van der Waals surface area contributed by atoms with Gasteiger partial charge in [-0.3, -0.25) is 0 Å². The van der Waals surface area contributed by atoms with Gasteiger partial charge in [0.15, 0.2) is 0 Å². The van der Waals surface area contributed by atoms with Crippen molar-refractivity contribution in [3.8, 4) is 0 Å². The van der Waals surface area contributed by atoms with E-state index < -0.39 is 0 Å². The lowest BCUT2D eigenvalue weighted by atomic mass is 9.89. The van der Waals surface area contributed by atoms with E-state index in [-0.39, 0.29) is 0 Å². The van der Waals surface area contributed by atoms with Gasteiger partial charge in [-0.2, -0.15) is 0 Å². The predicted molar refractivity (Wildman–Crippen MR) is 70.8 cm³/mol. The van der Waals surface area contributed by atoms with Crippen molar-refractivity contribution in [2.45, 2.75) is 33.1 Å². The van der Waals surface area contributed by atoms with Gasteiger partial charge in [-0.05, 0) is 43.2 Å². The van der Waals surface area contributed by atoms with E-state index in [4.69, 9.17) is 0 Å². The molecule has 1 aliphatic heterocycles. The lowest BCUT2D eigenvalue weighted by Crippen LogP contribution is -2.35. The molecule has 0 radical (unpaired) electrons. The zero-order valence-corrected chi connectivity index (χ0v) is 10.5. The molecule has 88 valence electrons. The van der Waals surface area contributed by atoms with Crippen molar-refractivity contribution in [2.75, 3.05) is 18.0 Å². The van der Waals surface area contributed by atoms with E-state index in [1.165, 1.54) is 38.0 Å². The van der Waals surface area contributed by atoms with Gasteiger partial charge in [-0.15, -0.1) is 0 Å². The Labute approximate surface area is 99.5 Å². The van der Waals surface area contributed by atoms with Crippen molar-refractivity contribution in [1.82, 2.24) is 0 Å². The number of para-hydroxylation sites is 1. The molecule has 2 rings (SSSR count). The minimum Gasteiger partial charge on any atom is -0.371 e. The summed E-state index contributed by atoms with van der Waals surface area (Å²) in [5.74, 6) is 1.73. The third-order valence-corrected chi connectivity index (χ3v) is 3.45. The first-order valence-electron chi connectivity index (χ1n) is 6.55. The van der Waals surface area contributed by atoms with E-state index in [2.05, 4.69) is 49.1 Å². The van der Waals surface area contributed by atoms with Crippen LogP contribution in [0.1, 0.15) is 33.1 Å². The summed E-state index contributed by atoms with van der Waals surface area (Å²) in [6.45, 7) is 7.16. The molecule has 1 aromatic carbocycles. The Morgan fingerprint density at radius 2 is 2.00 bits per heavy atom. The van der Waals surface area contributed by atoms with E-state index in [1.54, 1.807) is 0 Å². The lowest BCUT2D eigenvalue weighted by Gasteiger charge is -2.35. The molecule has 0 unspecified atom stereocenters. The molecule has 1 saturated heterocycles. The van der Waals surface area contributed by atoms with Crippen LogP contribution in [0.4, 0.5) is 5.69 Å². The van der Waals surface area contributed by atoms with E-state index >= 15 is 0 Å². The maximum atomic E-state index is 2.55. The average molecular weight is 217 g/mol. The molecule has 1 heterocycles. The van der Waals surface area contributed by atoms with Gasteiger partial charge in [0.25, 0.3) is 0 Å². The summed E-state index contributed by atoms with van der Waals surface area (Å²) in [7, 11) is 0. The van der Waals surface area contributed by atoms with Crippen LogP contribution >= 0.6 is 0 Å². The van der Waals surface area contributed by atoms with Crippen molar-refractivity contribution >= 4 is 5.69 Å². The Balaban J connectivity index is 1.97. The average Bonchev–Trinajstić information content (AvgIpc) is 2.30. The third-order valence-electron chi connectivity index (χ3n) is 3.45.